The molecule has 1 aliphatic heterocycles. The van der Waals surface area contributed by atoms with Gasteiger partial charge in [-0.1, -0.05) is 38.1 Å². The normalized spacial score (nSPS) is 15.7. The second-order valence-electron chi connectivity index (χ2n) is 7.94. The van der Waals surface area contributed by atoms with Crippen molar-refractivity contribution < 1.29 is 27.1 Å². The van der Waals surface area contributed by atoms with Gasteiger partial charge in [0.25, 0.3) is 0 Å². The lowest BCUT2D eigenvalue weighted by molar-refractivity contribution is -0.148. The smallest absolute Gasteiger partial charge is 0.309 e. The Morgan fingerprint density at radius 1 is 1.03 bits per heavy atom. The molecule has 2 aromatic rings. The average Bonchev–Trinajstić information content (AvgIpc) is 2.77. The minimum absolute atomic E-state index is 0.0176. The Bertz CT molecular complexity index is 1020. The first-order valence-electron chi connectivity index (χ1n) is 10.2. The third-order valence-electron chi connectivity index (χ3n) is 5.48. The predicted octanol–water partition coefficient (Wildman–Crippen LogP) is 3.78. The van der Waals surface area contributed by atoms with Gasteiger partial charge in [-0.25, -0.2) is 12.8 Å². The van der Waals surface area contributed by atoms with Gasteiger partial charge in [0.1, 0.15) is 5.82 Å². The van der Waals surface area contributed by atoms with Gasteiger partial charge in [0.15, 0.2) is 12.4 Å². The molecule has 3 rings (SSSR count). The number of halogens is 1. The van der Waals surface area contributed by atoms with E-state index >= 15 is 0 Å². The largest absolute Gasteiger partial charge is 0.457 e. The standard InChI is InChI=1S/C23H26FNO5S/c1-16(2)17-3-5-18(6-4-17)22(26)15-30-23(27)19-11-13-25(14-12-19)31(28,29)21-9-7-20(24)8-10-21/h3-10,16,19H,11-15H2,1-2H3. The van der Waals surface area contributed by atoms with Crippen molar-refractivity contribution in [2.24, 2.45) is 5.92 Å². The number of esters is 1. The van der Waals surface area contributed by atoms with Crippen molar-refractivity contribution in [1.29, 1.82) is 0 Å². The number of nitrogens with zero attached hydrogens (tertiary/aromatic N) is 1. The summed E-state index contributed by atoms with van der Waals surface area (Å²) in [7, 11) is -3.74. The fraction of sp³-hybridized carbons (Fsp3) is 0.391. The third kappa shape index (κ3) is 5.57. The van der Waals surface area contributed by atoms with Gasteiger partial charge >= 0.3 is 5.97 Å². The molecule has 0 aliphatic carbocycles. The van der Waals surface area contributed by atoms with E-state index in [4.69, 9.17) is 4.74 Å². The molecule has 0 unspecified atom stereocenters. The van der Waals surface area contributed by atoms with Crippen LogP contribution in [0.5, 0.6) is 0 Å². The van der Waals surface area contributed by atoms with Gasteiger partial charge in [-0.05, 0) is 48.6 Å². The van der Waals surface area contributed by atoms with Crippen molar-refractivity contribution in [2.75, 3.05) is 19.7 Å². The van der Waals surface area contributed by atoms with Crippen LogP contribution in [0.1, 0.15) is 48.5 Å². The lowest BCUT2D eigenvalue weighted by Crippen LogP contribution is -2.40. The van der Waals surface area contributed by atoms with Crippen molar-refractivity contribution in [1.82, 2.24) is 4.31 Å². The van der Waals surface area contributed by atoms with E-state index in [1.807, 2.05) is 12.1 Å². The van der Waals surface area contributed by atoms with E-state index in [1.165, 1.54) is 16.4 Å². The van der Waals surface area contributed by atoms with Crippen molar-refractivity contribution in [3.63, 3.8) is 0 Å². The van der Waals surface area contributed by atoms with Gasteiger partial charge in [0.05, 0.1) is 10.8 Å². The van der Waals surface area contributed by atoms with Crippen LogP contribution >= 0.6 is 0 Å². The van der Waals surface area contributed by atoms with E-state index < -0.39 is 27.7 Å². The van der Waals surface area contributed by atoms with Crippen LogP contribution in [0.15, 0.2) is 53.4 Å². The number of ketones is 1. The summed E-state index contributed by atoms with van der Waals surface area (Å²) in [6.07, 6.45) is 0.604. The summed E-state index contributed by atoms with van der Waals surface area (Å²) < 4.78 is 44.9. The summed E-state index contributed by atoms with van der Waals surface area (Å²) in [4.78, 5) is 24.7. The highest BCUT2D eigenvalue weighted by Crippen LogP contribution is 2.25. The van der Waals surface area contributed by atoms with Crippen molar-refractivity contribution >= 4 is 21.8 Å². The number of rotatable bonds is 7. The number of benzene rings is 2. The van der Waals surface area contributed by atoms with E-state index in [-0.39, 0.29) is 30.4 Å². The SMILES string of the molecule is CC(C)c1ccc(C(=O)COC(=O)C2CCN(S(=O)(=O)c3ccc(F)cc3)CC2)cc1. The zero-order valence-corrected chi connectivity index (χ0v) is 18.4. The van der Waals surface area contributed by atoms with Crippen LogP contribution in [0.3, 0.4) is 0 Å². The molecule has 0 aromatic heterocycles. The molecule has 0 saturated carbocycles. The first-order chi connectivity index (χ1) is 14.7. The zero-order chi connectivity index (χ0) is 22.6. The summed E-state index contributed by atoms with van der Waals surface area (Å²) in [6.45, 7) is 4.10. The fourth-order valence-corrected chi connectivity index (χ4v) is 4.95. The molecule has 8 heteroatoms. The molecule has 1 fully saturated rings. The van der Waals surface area contributed by atoms with E-state index in [9.17, 15) is 22.4 Å². The zero-order valence-electron chi connectivity index (χ0n) is 17.6. The molecular weight excluding hydrogens is 421 g/mol. The number of ether oxygens (including phenoxy) is 1. The molecule has 0 N–H and O–H groups in total. The van der Waals surface area contributed by atoms with Crippen LogP contribution in [-0.4, -0.2) is 44.2 Å². The first-order valence-corrected chi connectivity index (χ1v) is 11.7. The molecule has 1 saturated heterocycles. The highest BCUT2D eigenvalue weighted by Gasteiger charge is 2.33. The molecule has 2 aromatic carbocycles. The van der Waals surface area contributed by atoms with Crippen LogP contribution in [0.2, 0.25) is 0 Å². The maximum absolute atomic E-state index is 13.1. The lowest BCUT2D eigenvalue weighted by atomic mass is 9.98. The number of sulfonamides is 1. The molecule has 0 bridgehead atoms. The second kappa shape index (κ2) is 9.70. The van der Waals surface area contributed by atoms with E-state index in [1.54, 1.807) is 12.1 Å². The number of Topliss-reactive ketones (excluding diaryl/α,β-unsaturated/α-hetero) is 1. The van der Waals surface area contributed by atoms with Gasteiger partial charge in [-0.2, -0.15) is 4.31 Å². The summed E-state index contributed by atoms with van der Waals surface area (Å²) >= 11 is 0. The Kier molecular flexibility index (Phi) is 7.23. The van der Waals surface area contributed by atoms with Crippen LogP contribution < -0.4 is 0 Å². The van der Waals surface area contributed by atoms with Crippen LogP contribution in [-0.2, 0) is 19.6 Å². The molecule has 0 radical (unpaired) electrons. The quantitative estimate of drug-likeness (QED) is 0.477. The maximum atomic E-state index is 13.1. The number of carbonyl (C=O) groups is 2. The Morgan fingerprint density at radius 2 is 1.61 bits per heavy atom. The lowest BCUT2D eigenvalue weighted by Gasteiger charge is -2.30. The van der Waals surface area contributed by atoms with Crippen molar-refractivity contribution in [2.45, 2.75) is 37.5 Å². The topological polar surface area (TPSA) is 80.8 Å². The first kappa shape index (κ1) is 23.1. The van der Waals surface area contributed by atoms with Crippen LogP contribution in [0.25, 0.3) is 0 Å². The second-order valence-corrected chi connectivity index (χ2v) is 9.88. The number of hydrogen-bond acceptors (Lipinski definition) is 5. The Labute approximate surface area is 182 Å². The highest BCUT2D eigenvalue weighted by atomic mass is 32.2. The van der Waals surface area contributed by atoms with Gasteiger partial charge in [-0.15, -0.1) is 0 Å². The molecule has 0 atom stereocenters. The van der Waals surface area contributed by atoms with Crippen molar-refractivity contribution in [3.05, 3.63) is 65.5 Å². The molecule has 0 spiro atoms. The molecular formula is C23H26FNO5S. The number of piperidine rings is 1. The monoisotopic (exact) mass is 447 g/mol. The highest BCUT2D eigenvalue weighted by molar-refractivity contribution is 7.89. The summed E-state index contributed by atoms with van der Waals surface area (Å²) in [5.74, 6) is -1.38. The number of carbonyl (C=O) groups excluding carboxylic acids is 2. The molecule has 1 heterocycles. The van der Waals surface area contributed by atoms with E-state index in [0.717, 1.165) is 17.7 Å². The van der Waals surface area contributed by atoms with Gasteiger partial charge in [-0.3, -0.25) is 9.59 Å². The van der Waals surface area contributed by atoms with E-state index in [2.05, 4.69) is 13.8 Å². The molecule has 1 aliphatic rings. The van der Waals surface area contributed by atoms with Gasteiger partial charge in [0, 0.05) is 18.7 Å². The predicted molar refractivity (Wildman–Crippen MR) is 114 cm³/mol. The number of hydrogen-bond donors (Lipinski definition) is 0. The van der Waals surface area contributed by atoms with Crippen LogP contribution in [0, 0.1) is 11.7 Å². The third-order valence-corrected chi connectivity index (χ3v) is 7.40. The van der Waals surface area contributed by atoms with E-state index in [0.29, 0.717) is 24.3 Å². The molecule has 6 nitrogen and oxygen atoms in total. The maximum Gasteiger partial charge on any atom is 0.309 e. The molecule has 31 heavy (non-hydrogen) atoms. The molecule has 166 valence electrons. The van der Waals surface area contributed by atoms with Gasteiger partial charge in [0.2, 0.25) is 10.0 Å². The summed E-state index contributed by atoms with van der Waals surface area (Å²) in [5.41, 5.74) is 1.60. The Balaban J connectivity index is 1.51. The minimum Gasteiger partial charge on any atom is -0.457 e. The fourth-order valence-electron chi connectivity index (χ4n) is 3.48. The summed E-state index contributed by atoms with van der Waals surface area (Å²) in [6, 6.07) is 11.9. The Morgan fingerprint density at radius 3 is 2.16 bits per heavy atom. The minimum atomic E-state index is -3.74. The molecule has 0 amide bonds. The van der Waals surface area contributed by atoms with Gasteiger partial charge < -0.3 is 4.74 Å². The van der Waals surface area contributed by atoms with Crippen LogP contribution in [0.4, 0.5) is 4.39 Å². The van der Waals surface area contributed by atoms with Crippen molar-refractivity contribution in [3.8, 4) is 0 Å². The Hall–Kier alpha value is -2.58. The summed E-state index contributed by atoms with van der Waals surface area (Å²) in [5, 5.41) is 0. The average molecular weight is 448 g/mol.